The fourth-order valence-electron chi connectivity index (χ4n) is 2.73. The second kappa shape index (κ2) is 6.64. The van der Waals surface area contributed by atoms with Gasteiger partial charge < -0.3 is 4.90 Å². The maximum atomic E-state index is 12.5. The molecule has 1 aromatic carbocycles. The molecule has 0 atom stereocenters. The number of hydrogen-bond acceptors (Lipinski definition) is 4. The third-order valence-electron chi connectivity index (χ3n) is 4.00. The highest BCUT2D eigenvalue weighted by Crippen LogP contribution is 2.29. The third kappa shape index (κ3) is 3.93. The van der Waals surface area contributed by atoms with Crippen molar-refractivity contribution in [1.29, 1.82) is 0 Å². The second-order valence-corrected chi connectivity index (χ2v) is 7.36. The van der Waals surface area contributed by atoms with Crippen molar-refractivity contribution in [1.82, 2.24) is 9.71 Å². The standard InChI is InChI=1S/C16H16F3N3O2S/c17-16(18,19)13-5-6-15(20-11-13)25(23,24)21-8-10-22-9-7-12-3-1-2-4-14(12)22/h1-6,11,21H,7-10H2. The number of para-hydroxylation sites is 1. The van der Waals surface area contributed by atoms with Crippen LogP contribution in [0.25, 0.3) is 0 Å². The predicted molar refractivity (Wildman–Crippen MR) is 86.8 cm³/mol. The monoisotopic (exact) mass is 371 g/mol. The van der Waals surface area contributed by atoms with Gasteiger partial charge in [-0.2, -0.15) is 13.2 Å². The van der Waals surface area contributed by atoms with Gasteiger partial charge >= 0.3 is 6.18 Å². The molecule has 2 aromatic rings. The van der Waals surface area contributed by atoms with Gasteiger partial charge in [0.05, 0.1) is 5.56 Å². The molecule has 0 saturated heterocycles. The van der Waals surface area contributed by atoms with Gasteiger partial charge in [-0.25, -0.2) is 18.1 Å². The number of pyridine rings is 1. The first-order valence-corrected chi connectivity index (χ1v) is 9.11. The quantitative estimate of drug-likeness (QED) is 0.877. The Morgan fingerprint density at radius 2 is 1.92 bits per heavy atom. The largest absolute Gasteiger partial charge is 0.417 e. The number of sulfonamides is 1. The molecule has 1 aliphatic heterocycles. The number of hydrogen-bond donors (Lipinski definition) is 1. The van der Waals surface area contributed by atoms with E-state index in [4.69, 9.17) is 0 Å². The zero-order valence-electron chi connectivity index (χ0n) is 13.1. The van der Waals surface area contributed by atoms with Gasteiger partial charge in [0.15, 0.2) is 5.03 Å². The summed E-state index contributed by atoms with van der Waals surface area (Å²) in [5, 5.41) is -0.428. The number of rotatable bonds is 5. The van der Waals surface area contributed by atoms with Gasteiger partial charge in [-0.1, -0.05) is 18.2 Å². The Balaban J connectivity index is 1.61. The van der Waals surface area contributed by atoms with Crippen molar-refractivity contribution in [2.75, 3.05) is 24.5 Å². The molecular formula is C16H16F3N3O2S. The number of aromatic nitrogens is 1. The molecule has 0 saturated carbocycles. The van der Waals surface area contributed by atoms with E-state index in [1.807, 2.05) is 24.3 Å². The lowest BCUT2D eigenvalue weighted by Crippen LogP contribution is -2.34. The summed E-state index contributed by atoms with van der Waals surface area (Å²) >= 11 is 0. The van der Waals surface area contributed by atoms with Gasteiger partial charge in [0.25, 0.3) is 10.0 Å². The minimum absolute atomic E-state index is 0.138. The van der Waals surface area contributed by atoms with Crippen LogP contribution in [0.15, 0.2) is 47.6 Å². The Labute approximate surface area is 143 Å². The van der Waals surface area contributed by atoms with Crippen LogP contribution >= 0.6 is 0 Å². The molecule has 0 unspecified atom stereocenters. The number of halogens is 3. The molecule has 1 aromatic heterocycles. The van der Waals surface area contributed by atoms with Crippen LogP contribution in [-0.4, -0.2) is 33.0 Å². The van der Waals surface area contributed by atoms with E-state index in [-0.39, 0.29) is 6.54 Å². The predicted octanol–water partition coefficient (Wildman–Crippen LogP) is 2.44. The van der Waals surface area contributed by atoms with Crippen LogP contribution in [0.4, 0.5) is 18.9 Å². The van der Waals surface area contributed by atoms with Crippen LogP contribution in [0.2, 0.25) is 0 Å². The summed E-state index contributed by atoms with van der Waals surface area (Å²) in [7, 11) is -3.95. The van der Waals surface area contributed by atoms with E-state index in [1.54, 1.807) is 0 Å². The molecule has 9 heteroatoms. The van der Waals surface area contributed by atoms with Crippen molar-refractivity contribution in [2.45, 2.75) is 17.6 Å². The van der Waals surface area contributed by atoms with Crippen LogP contribution in [0.5, 0.6) is 0 Å². The number of anilines is 1. The summed E-state index contributed by atoms with van der Waals surface area (Å²) in [6.45, 7) is 1.41. The number of benzene rings is 1. The Bertz CT molecular complexity index is 852. The summed E-state index contributed by atoms with van der Waals surface area (Å²) in [5.41, 5.74) is 1.31. The van der Waals surface area contributed by atoms with Crippen LogP contribution < -0.4 is 9.62 Å². The Hall–Kier alpha value is -2.13. The minimum atomic E-state index is -4.55. The summed E-state index contributed by atoms with van der Waals surface area (Å²) in [6, 6.07) is 9.46. The first kappa shape index (κ1) is 17.7. The Morgan fingerprint density at radius 1 is 1.16 bits per heavy atom. The van der Waals surface area contributed by atoms with Crippen molar-refractivity contribution >= 4 is 15.7 Å². The van der Waals surface area contributed by atoms with E-state index in [0.29, 0.717) is 18.8 Å². The van der Waals surface area contributed by atoms with E-state index in [0.717, 1.165) is 24.7 Å². The minimum Gasteiger partial charge on any atom is -0.370 e. The molecule has 134 valence electrons. The maximum Gasteiger partial charge on any atom is 0.417 e. The summed E-state index contributed by atoms with van der Waals surface area (Å²) in [6.07, 6.45) is -3.12. The lowest BCUT2D eigenvalue weighted by Gasteiger charge is -2.19. The summed E-state index contributed by atoms with van der Waals surface area (Å²) < 4.78 is 64.2. The van der Waals surface area contributed by atoms with Crippen molar-refractivity contribution in [3.8, 4) is 0 Å². The molecular weight excluding hydrogens is 355 g/mol. The summed E-state index contributed by atoms with van der Waals surface area (Å²) in [5.74, 6) is 0. The van der Waals surface area contributed by atoms with Gasteiger partial charge in [-0.05, 0) is 30.2 Å². The molecule has 0 spiro atoms. The van der Waals surface area contributed by atoms with Gasteiger partial charge in [0.1, 0.15) is 0 Å². The van der Waals surface area contributed by atoms with Crippen molar-refractivity contribution in [2.24, 2.45) is 0 Å². The van der Waals surface area contributed by atoms with Gasteiger partial charge in [-0.3, -0.25) is 0 Å². The van der Waals surface area contributed by atoms with E-state index in [2.05, 4.69) is 14.6 Å². The van der Waals surface area contributed by atoms with Crippen LogP contribution in [0.1, 0.15) is 11.1 Å². The topological polar surface area (TPSA) is 62.3 Å². The van der Waals surface area contributed by atoms with Crippen molar-refractivity contribution in [3.63, 3.8) is 0 Å². The third-order valence-corrected chi connectivity index (χ3v) is 5.37. The average molecular weight is 371 g/mol. The highest BCUT2D eigenvalue weighted by atomic mass is 32.2. The second-order valence-electron chi connectivity index (χ2n) is 5.65. The number of nitrogens with one attached hydrogen (secondary N) is 1. The molecule has 1 N–H and O–H groups in total. The molecule has 0 bridgehead atoms. The van der Waals surface area contributed by atoms with Gasteiger partial charge in [0.2, 0.25) is 0 Å². The van der Waals surface area contributed by atoms with Crippen molar-refractivity contribution in [3.05, 3.63) is 53.7 Å². The van der Waals surface area contributed by atoms with Gasteiger partial charge in [-0.15, -0.1) is 0 Å². The number of fused-ring (bicyclic) bond motifs is 1. The smallest absolute Gasteiger partial charge is 0.370 e. The lowest BCUT2D eigenvalue weighted by atomic mass is 10.2. The van der Waals surface area contributed by atoms with E-state index < -0.39 is 26.8 Å². The normalized spacial score (nSPS) is 14.6. The number of nitrogens with zero attached hydrogens (tertiary/aromatic N) is 2. The SMILES string of the molecule is O=S(=O)(NCCN1CCc2ccccc21)c1ccc(C(F)(F)F)cn1. The van der Waals surface area contributed by atoms with E-state index >= 15 is 0 Å². The van der Waals surface area contributed by atoms with Crippen LogP contribution in [-0.2, 0) is 22.6 Å². The van der Waals surface area contributed by atoms with Crippen molar-refractivity contribution < 1.29 is 21.6 Å². The van der Waals surface area contributed by atoms with Crippen LogP contribution in [0, 0.1) is 0 Å². The highest BCUT2D eigenvalue weighted by molar-refractivity contribution is 7.89. The molecule has 0 fully saturated rings. The Morgan fingerprint density at radius 3 is 2.60 bits per heavy atom. The summed E-state index contributed by atoms with van der Waals surface area (Å²) in [4.78, 5) is 5.49. The molecule has 1 aliphatic rings. The van der Waals surface area contributed by atoms with E-state index in [9.17, 15) is 21.6 Å². The first-order chi connectivity index (χ1) is 11.8. The number of alkyl halides is 3. The fraction of sp³-hybridized carbons (Fsp3) is 0.312. The molecule has 25 heavy (non-hydrogen) atoms. The first-order valence-electron chi connectivity index (χ1n) is 7.63. The zero-order chi connectivity index (χ0) is 18.1. The lowest BCUT2D eigenvalue weighted by molar-refractivity contribution is -0.137. The van der Waals surface area contributed by atoms with Crippen LogP contribution in [0.3, 0.4) is 0 Å². The highest BCUT2D eigenvalue weighted by Gasteiger charge is 2.31. The molecule has 5 nitrogen and oxygen atoms in total. The fourth-order valence-corrected chi connectivity index (χ4v) is 3.68. The maximum absolute atomic E-state index is 12.5. The molecule has 0 radical (unpaired) electrons. The molecule has 0 amide bonds. The van der Waals surface area contributed by atoms with E-state index in [1.165, 1.54) is 5.56 Å². The zero-order valence-corrected chi connectivity index (χ0v) is 13.9. The molecule has 0 aliphatic carbocycles. The average Bonchev–Trinajstić information content (AvgIpc) is 2.97. The molecule has 3 rings (SSSR count). The van der Waals surface area contributed by atoms with Gasteiger partial charge in [0, 0.05) is 31.5 Å². The Kier molecular flexibility index (Phi) is 4.70. The molecule has 2 heterocycles.